The van der Waals surface area contributed by atoms with Gasteiger partial charge < -0.3 is 10.3 Å². The molecule has 0 aliphatic carbocycles. The smallest absolute Gasteiger partial charge is 0.134 e. The van der Waals surface area contributed by atoms with Crippen molar-refractivity contribution in [2.75, 3.05) is 6.54 Å². The van der Waals surface area contributed by atoms with Gasteiger partial charge in [-0.2, -0.15) is 0 Å². The number of thiocarbonyl (C=S) groups is 1. The van der Waals surface area contributed by atoms with Crippen LogP contribution in [-0.2, 0) is 12.2 Å². The topological polar surface area (TPSA) is 27.8 Å². The van der Waals surface area contributed by atoms with E-state index in [1.165, 1.54) is 32.8 Å². The van der Waals surface area contributed by atoms with Gasteiger partial charge in [0.05, 0.1) is 0 Å². The lowest BCUT2D eigenvalue weighted by Gasteiger charge is -2.08. The summed E-state index contributed by atoms with van der Waals surface area (Å²) >= 11 is 7.18. The highest BCUT2D eigenvalue weighted by Crippen LogP contribution is 2.20. The lowest BCUT2D eigenvalue weighted by atomic mass is 10.1. The number of aromatic amines is 1. The van der Waals surface area contributed by atoms with Gasteiger partial charge in [0.2, 0.25) is 0 Å². The van der Waals surface area contributed by atoms with E-state index in [0.29, 0.717) is 0 Å². The maximum atomic E-state index is 5.48. The first-order chi connectivity index (χ1) is 12.8. The molecule has 0 amide bonds. The molecule has 2 N–H and O–H groups in total. The first-order valence-electron chi connectivity index (χ1n) is 8.73. The zero-order valence-corrected chi connectivity index (χ0v) is 16.0. The molecule has 0 fully saturated rings. The van der Waals surface area contributed by atoms with E-state index in [1.807, 2.05) is 0 Å². The normalized spacial score (nSPS) is 11.1. The Labute approximate surface area is 163 Å². The largest absolute Gasteiger partial charge is 0.371 e. The van der Waals surface area contributed by atoms with E-state index in [0.717, 1.165) is 23.0 Å². The Morgan fingerprint density at radius 2 is 1.77 bits per heavy atom. The Balaban J connectivity index is 1.28. The number of nitrogens with one attached hydrogen (secondary N) is 2. The number of thioether (sulfide) groups is 1. The van der Waals surface area contributed by atoms with Crippen LogP contribution in [0.2, 0.25) is 0 Å². The quantitative estimate of drug-likeness (QED) is 0.439. The number of para-hydroxylation sites is 1. The Bertz CT molecular complexity index is 1050. The maximum absolute atomic E-state index is 5.48. The van der Waals surface area contributed by atoms with Gasteiger partial charge in [0, 0.05) is 29.4 Å². The van der Waals surface area contributed by atoms with Gasteiger partial charge in [-0.1, -0.05) is 84.6 Å². The van der Waals surface area contributed by atoms with Crippen molar-refractivity contribution in [3.63, 3.8) is 0 Å². The third-order valence-electron chi connectivity index (χ3n) is 4.52. The molecule has 0 saturated carbocycles. The first-order valence-corrected chi connectivity index (χ1v) is 10.1. The van der Waals surface area contributed by atoms with E-state index in [1.54, 1.807) is 11.8 Å². The van der Waals surface area contributed by atoms with Crippen molar-refractivity contribution < 1.29 is 0 Å². The van der Waals surface area contributed by atoms with Crippen molar-refractivity contribution >= 4 is 50.0 Å². The molecule has 0 radical (unpaired) electrons. The number of benzene rings is 3. The second kappa shape index (κ2) is 7.94. The molecule has 4 heteroatoms. The summed E-state index contributed by atoms with van der Waals surface area (Å²) in [6.45, 7) is 0.853. The van der Waals surface area contributed by atoms with Crippen LogP contribution in [0.3, 0.4) is 0 Å². The second-order valence-corrected chi connectivity index (χ2v) is 7.95. The van der Waals surface area contributed by atoms with Crippen LogP contribution in [0.1, 0.15) is 11.1 Å². The molecule has 0 bridgehead atoms. The molecule has 130 valence electrons. The molecule has 3 aromatic carbocycles. The number of aromatic nitrogens is 1. The van der Waals surface area contributed by atoms with Crippen molar-refractivity contribution in [2.24, 2.45) is 0 Å². The van der Waals surface area contributed by atoms with Gasteiger partial charge in [-0.25, -0.2) is 0 Å². The minimum absolute atomic E-state index is 0.853. The summed E-state index contributed by atoms with van der Waals surface area (Å²) in [6.07, 6.45) is 3.05. The third kappa shape index (κ3) is 3.92. The maximum Gasteiger partial charge on any atom is 0.134 e. The van der Waals surface area contributed by atoms with E-state index >= 15 is 0 Å². The molecule has 2 nitrogen and oxygen atoms in total. The van der Waals surface area contributed by atoms with E-state index in [2.05, 4.69) is 83.2 Å². The van der Waals surface area contributed by atoms with E-state index in [9.17, 15) is 0 Å². The van der Waals surface area contributed by atoms with Gasteiger partial charge >= 0.3 is 0 Å². The summed E-state index contributed by atoms with van der Waals surface area (Å²) in [6, 6.07) is 23.5. The average molecular weight is 377 g/mol. The molecule has 0 unspecified atom stereocenters. The molecule has 0 aliphatic rings. The van der Waals surface area contributed by atoms with Gasteiger partial charge in [0.1, 0.15) is 4.32 Å². The monoisotopic (exact) mass is 376 g/mol. The molecule has 1 heterocycles. The lowest BCUT2D eigenvalue weighted by molar-refractivity contribution is 0.887. The van der Waals surface area contributed by atoms with Crippen molar-refractivity contribution in [1.82, 2.24) is 10.3 Å². The predicted octanol–water partition coefficient (Wildman–Crippen LogP) is 5.67. The number of rotatable bonds is 5. The van der Waals surface area contributed by atoms with E-state index < -0.39 is 0 Å². The average Bonchev–Trinajstić information content (AvgIpc) is 3.09. The number of hydrogen-bond acceptors (Lipinski definition) is 2. The molecule has 26 heavy (non-hydrogen) atoms. The minimum Gasteiger partial charge on any atom is -0.371 e. The summed E-state index contributed by atoms with van der Waals surface area (Å²) in [5.74, 6) is 0.893. The fourth-order valence-electron chi connectivity index (χ4n) is 3.17. The molecule has 4 aromatic rings. The standard InChI is InChI=1S/C22H20N2S2/c25-22(23-12-11-19-14-24-21-8-4-3-7-20(19)21)26-15-16-9-10-17-5-1-2-6-18(17)13-16/h1-10,13-14,24H,11-12,15H2,(H,23,25). The van der Waals surface area contributed by atoms with E-state index in [4.69, 9.17) is 12.2 Å². The zero-order chi connectivity index (χ0) is 17.8. The molecule has 0 aliphatic heterocycles. The van der Waals surface area contributed by atoms with Gasteiger partial charge in [-0.3, -0.25) is 0 Å². The second-order valence-electron chi connectivity index (χ2n) is 6.29. The van der Waals surface area contributed by atoms with Gasteiger partial charge in [-0.15, -0.1) is 0 Å². The van der Waals surface area contributed by atoms with Crippen LogP contribution in [0.4, 0.5) is 0 Å². The van der Waals surface area contributed by atoms with Gasteiger partial charge in [0.15, 0.2) is 0 Å². The molecule has 1 aromatic heterocycles. The number of hydrogen-bond donors (Lipinski definition) is 2. The summed E-state index contributed by atoms with van der Waals surface area (Å²) in [4.78, 5) is 3.32. The summed E-state index contributed by atoms with van der Waals surface area (Å²) in [5.41, 5.74) is 3.82. The van der Waals surface area contributed by atoms with E-state index in [-0.39, 0.29) is 0 Å². The highest BCUT2D eigenvalue weighted by atomic mass is 32.2. The fourth-order valence-corrected chi connectivity index (χ4v) is 4.13. The Hall–Kier alpha value is -2.30. The molecule has 0 atom stereocenters. The van der Waals surface area contributed by atoms with Crippen LogP contribution in [-0.4, -0.2) is 15.8 Å². The minimum atomic E-state index is 0.853. The Kier molecular flexibility index (Phi) is 5.23. The predicted molar refractivity (Wildman–Crippen MR) is 118 cm³/mol. The molecular weight excluding hydrogens is 356 g/mol. The van der Waals surface area contributed by atoms with Crippen molar-refractivity contribution in [3.05, 3.63) is 84.1 Å². The Morgan fingerprint density at radius 1 is 0.962 bits per heavy atom. The highest BCUT2D eigenvalue weighted by molar-refractivity contribution is 8.22. The lowest BCUT2D eigenvalue weighted by Crippen LogP contribution is -2.21. The summed E-state index contributed by atoms with van der Waals surface area (Å²) in [5, 5.41) is 7.23. The number of fused-ring (bicyclic) bond motifs is 2. The van der Waals surface area contributed by atoms with Crippen molar-refractivity contribution in [1.29, 1.82) is 0 Å². The molecule has 0 saturated heterocycles. The molecule has 4 rings (SSSR count). The van der Waals surface area contributed by atoms with Gasteiger partial charge in [0.25, 0.3) is 0 Å². The molecule has 0 spiro atoms. The zero-order valence-electron chi connectivity index (χ0n) is 14.4. The van der Waals surface area contributed by atoms with Crippen LogP contribution >= 0.6 is 24.0 Å². The fraction of sp³-hybridized carbons (Fsp3) is 0.136. The van der Waals surface area contributed by atoms with Crippen molar-refractivity contribution in [3.8, 4) is 0 Å². The SMILES string of the molecule is S=C(NCCc1c[nH]c2ccccc12)SCc1ccc2ccccc2c1. The number of H-pyrrole nitrogens is 1. The van der Waals surface area contributed by atoms with Crippen LogP contribution < -0.4 is 5.32 Å². The van der Waals surface area contributed by atoms with Crippen LogP contribution in [0.15, 0.2) is 72.9 Å². The van der Waals surface area contributed by atoms with Crippen molar-refractivity contribution in [2.45, 2.75) is 12.2 Å². The first kappa shape index (κ1) is 17.1. The third-order valence-corrected chi connectivity index (χ3v) is 5.90. The van der Waals surface area contributed by atoms with Crippen LogP contribution in [0.25, 0.3) is 21.7 Å². The Morgan fingerprint density at radius 3 is 2.69 bits per heavy atom. The molecular formula is C22H20N2S2. The summed E-state index contributed by atoms with van der Waals surface area (Å²) in [7, 11) is 0. The van der Waals surface area contributed by atoms with Crippen LogP contribution in [0.5, 0.6) is 0 Å². The summed E-state index contributed by atoms with van der Waals surface area (Å²) < 4.78 is 0.859. The van der Waals surface area contributed by atoms with Crippen LogP contribution in [0, 0.1) is 0 Å². The van der Waals surface area contributed by atoms with Gasteiger partial charge in [-0.05, 0) is 34.4 Å². The highest BCUT2D eigenvalue weighted by Gasteiger charge is 2.04.